The van der Waals surface area contributed by atoms with Crippen LogP contribution in [0.15, 0.2) is 34.3 Å². The Morgan fingerprint density at radius 3 is 2.55 bits per heavy atom. The molecule has 0 unspecified atom stereocenters. The van der Waals surface area contributed by atoms with Crippen molar-refractivity contribution in [3.8, 4) is 0 Å². The van der Waals surface area contributed by atoms with Crippen molar-refractivity contribution in [1.29, 1.82) is 0 Å². The van der Waals surface area contributed by atoms with E-state index in [2.05, 4.69) is 15.9 Å². The number of anilines is 1. The molecule has 0 atom stereocenters. The lowest BCUT2D eigenvalue weighted by Crippen LogP contribution is -2.33. The zero-order chi connectivity index (χ0) is 14.9. The van der Waals surface area contributed by atoms with Crippen molar-refractivity contribution in [3.05, 3.63) is 39.9 Å². The van der Waals surface area contributed by atoms with Gasteiger partial charge in [-0.1, -0.05) is 12.1 Å². The molecule has 1 aromatic rings. The van der Waals surface area contributed by atoms with Gasteiger partial charge in [0.2, 0.25) is 0 Å². The van der Waals surface area contributed by atoms with Crippen LogP contribution in [-0.2, 0) is 0 Å². The van der Waals surface area contributed by atoms with Crippen LogP contribution in [0.25, 0.3) is 0 Å². The van der Waals surface area contributed by atoms with Gasteiger partial charge in [-0.05, 0) is 34.5 Å². The van der Waals surface area contributed by atoms with Crippen LogP contribution in [0.2, 0.25) is 0 Å². The minimum Gasteiger partial charge on any atom is -0.478 e. The van der Waals surface area contributed by atoms with Crippen molar-refractivity contribution in [1.82, 2.24) is 0 Å². The monoisotopic (exact) mass is 349 g/mol. The normalized spacial score (nSPS) is 16.0. The van der Waals surface area contributed by atoms with Gasteiger partial charge in [-0.2, -0.15) is 13.2 Å². The summed E-state index contributed by atoms with van der Waals surface area (Å²) in [6.45, 7) is 0.188. The highest BCUT2D eigenvalue weighted by atomic mass is 79.9. The fraction of sp³-hybridized carbons (Fsp3) is 0.308. The summed E-state index contributed by atoms with van der Waals surface area (Å²) in [5, 5.41) is 9.21. The van der Waals surface area contributed by atoms with Crippen LogP contribution in [0.5, 0.6) is 0 Å². The van der Waals surface area contributed by atoms with Crippen molar-refractivity contribution in [3.63, 3.8) is 0 Å². The first-order valence-corrected chi connectivity index (χ1v) is 6.63. The van der Waals surface area contributed by atoms with E-state index in [9.17, 15) is 23.1 Å². The van der Waals surface area contributed by atoms with E-state index in [0.717, 1.165) is 6.08 Å². The maximum Gasteiger partial charge on any atom is 0.412 e. The standard InChI is InChI=1S/C13H11BrF3NO2/c14-9-2-1-3-10(11(9)12(19)20)18-6-4-8(5-7-18)13(15,16)17/h1-4H,5-7H2,(H,19,20). The first-order valence-electron chi connectivity index (χ1n) is 5.83. The van der Waals surface area contributed by atoms with E-state index in [4.69, 9.17) is 0 Å². The van der Waals surface area contributed by atoms with Gasteiger partial charge in [-0.3, -0.25) is 0 Å². The molecular formula is C13H11BrF3NO2. The molecule has 1 heterocycles. The Morgan fingerprint density at radius 1 is 1.35 bits per heavy atom. The summed E-state index contributed by atoms with van der Waals surface area (Å²) in [6.07, 6.45) is -3.34. The Morgan fingerprint density at radius 2 is 2.05 bits per heavy atom. The molecule has 3 nitrogen and oxygen atoms in total. The van der Waals surface area contributed by atoms with E-state index in [-0.39, 0.29) is 25.1 Å². The lowest BCUT2D eigenvalue weighted by molar-refractivity contribution is -0.0944. The van der Waals surface area contributed by atoms with Crippen molar-refractivity contribution in [2.75, 3.05) is 18.0 Å². The predicted molar refractivity (Wildman–Crippen MR) is 72.1 cm³/mol. The highest BCUT2D eigenvalue weighted by Crippen LogP contribution is 2.34. The second-order valence-electron chi connectivity index (χ2n) is 4.36. The number of benzene rings is 1. The number of carboxylic acids is 1. The van der Waals surface area contributed by atoms with Crippen LogP contribution < -0.4 is 4.90 Å². The van der Waals surface area contributed by atoms with Crippen molar-refractivity contribution in [2.24, 2.45) is 0 Å². The van der Waals surface area contributed by atoms with Crippen LogP contribution in [0.3, 0.4) is 0 Å². The Labute approximate surface area is 121 Å². The maximum absolute atomic E-state index is 12.6. The van der Waals surface area contributed by atoms with Crippen molar-refractivity contribution >= 4 is 27.6 Å². The number of hydrogen-bond donors (Lipinski definition) is 1. The molecule has 0 aromatic heterocycles. The summed E-state index contributed by atoms with van der Waals surface area (Å²) in [7, 11) is 0. The fourth-order valence-electron chi connectivity index (χ4n) is 2.13. The molecule has 0 aliphatic carbocycles. The van der Waals surface area contributed by atoms with Crippen LogP contribution in [0.1, 0.15) is 16.8 Å². The zero-order valence-corrected chi connectivity index (χ0v) is 11.8. The van der Waals surface area contributed by atoms with E-state index in [0.29, 0.717) is 10.2 Å². The third-order valence-corrected chi connectivity index (χ3v) is 3.78. The second kappa shape index (κ2) is 5.47. The molecule has 0 fully saturated rings. The molecule has 1 aromatic carbocycles. The predicted octanol–water partition coefficient (Wildman–Crippen LogP) is 3.85. The summed E-state index contributed by atoms with van der Waals surface area (Å²) < 4.78 is 38.1. The Bertz CT molecular complexity index is 569. The van der Waals surface area contributed by atoms with Gasteiger partial charge in [0, 0.05) is 23.1 Å². The second-order valence-corrected chi connectivity index (χ2v) is 5.22. The van der Waals surface area contributed by atoms with E-state index in [1.807, 2.05) is 0 Å². The molecule has 1 N–H and O–H groups in total. The number of halogens is 4. The SMILES string of the molecule is O=C(O)c1c(Br)cccc1N1CC=C(C(F)(F)F)CC1. The number of carbonyl (C=O) groups is 1. The maximum atomic E-state index is 12.6. The van der Waals surface area contributed by atoms with Crippen molar-refractivity contribution < 1.29 is 23.1 Å². The molecule has 1 aliphatic heterocycles. The summed E-state index contributed by atoms with van der Waals surface area (Å²) >= 11 is 3.16. The number of alkyl halides is 3. The van der Waals surface area contributed by atoms with Crippen molar-refractivity contribution in [2.45, 2.75) is 12.6 Å². The Balaban J connectivity index is 2.30. The zero-order valence-electron chi connectivity index (χ0n) is 10.2. The Kier molecular flexibility index (Phi) is 4.08. The number of rotatable bonds is 2. The Hall–Kier alpha value is -1.50. The summed E-state index contributed by atoms with van der Waals surface area (Å²) in [4.78, 5) is 12.9. The van der Waals surface area contributed by atoms with Gasteiger partial charge >= 0.3 is 12.1 Å². The van der Waals surface area contributed by atoms with Gasteiger partial charge in [-0.15, -0.1) is 0 Å². The molecule has 0 spiro atoms. The minimum atomic E-state index is -4.31. The van der Waals surface area contributed by atoms with Gasteiger partial charge in [-0.25, -0.2) is 4.79 Å². The van der Waals surface area contributed by atoms with Gasteiger partial charge < -0.3 is 10.0 Å². The molecule has 0 radical (unpaired) electrons. The van der Waals surface area contributed by atoms with E-state index in [1.54, 1.807) is 23.1 Å². The average molecular weight is 350 g/mol. The van der Waals surface area contributed by atoms with Gasteiger partial charge in [0.15, 0.2) is 0 Å². The third-order valence-electron chi connectivity index (χ3n) is 3.12. The lowest BCUT2D eigenvalue weighted by Gasteiger charge is -2.30. The number of aromatic carboxylic acids is 1. The topological polar surface area (TPSA) is 40.5 Å². The summed E-state index contributed by atoms with van der Waals surface area (Å²) in [6, 6.07) is 4.85. The smallest absolute Gasteiger partial charge is 0.412 e. The van der Waals surface area contributed by atoms with Crippen LogP contribution in [-0.4, -0.2) is 30.3 Å². The molecule has 2 rings (SSSR count). The molecule has 0 bridgehead atoms. The molecule has 20 heavy (non-hydrogen) atoms. The molecule has 7 heteroatoms. The third kappa shape index (κ3) is 2.98. The highest BCUT2D eigenvalue weighted by molar-refractivity contribution is 9.10. The quantitative estimate of drug-likeness (QED) is 0.824. The van der Waals surface area contributed by atoms with Gasteiger partial charge in [0.1, 0.15) is 0 Å². The molecule has 0 saturated heterocycles. The minimum absolute atomic E-state index is 0.0472. The first kappa shape index (κ1) is 14.9. The molecule has 0 saturated carbocycles. The largest absolute Gasteiger partial charge is 0.478 e. The number of hydrogen-bond acceptors (Lipinski definition) is 2. The molecule has 1 aliphatic rings. The van der Waals surface area contributed by atoms with E-state index >= 15 is 0 Å². The van der Waals surface area contributed by atoms with Gasteiger partial charge in [0.25, 0.3) is 0 Å². The number of carboxylic acid groups (broad SMARTS) is 1. The lowest BCUT2D eigenvalue weighted by atomic mass is 10.1. The van der Waals surface area contributed by atoms with Gasteiger partial charge in [0.05, 0.1) is 11.3 Å². The van der Waals surface area contributed by atoms with E-state index in [1.165, 1.54) is 0 Å². The van der Waals surface area contributed by atoms with E-state index < -0.39 is 17.7 Å². The van der Waals surface area contributed by atoms with Crippen LogP contribution >= 0.6 is 15.9 Å². The first-order chi connectivity index (χ1) is 9.30. The molecule has 0 amide bonds. The molecule has 108 valence electrons. The fourth-order valence-corrected chi connectivity index (χ4v) is 2.66. The summed E-state index contributed by atoms with van der Waals surface area (Å²) in [5.41, 5.74) is -0.0682. The molecular weight excluding hydrogens is 339 g/mol. The summed E-state index contributed by atoms with van der Waals surface area (Å²) in [5.74, 6) is -1.11. The number of nitrogens with zero attached hydrogens (tertiary/aromatic N) is 1. The highest BCUT2D eigenvalue weighted by Gasteiger charge is 2.35. The average Bonchev–Trinajstić information content (AvgIpc) is 2.37. The van der Waals surface area contributed by atoms with Crippen LogP contribution in [0, 0.1) is 0 Å². The van der Waals surface area contributed by atoms with Crippen LogP contribution in [0.4, 0.5) is 18.9 Å².